The maximum absolute atomic E-state index is 13.2. The molecule has 2 aliphatic heterocycles. The third kappa shape index (κ3) is 4.61. The molecule has 0 saturated carbocycles. The molecule has 35 heavy (non-hydrogen) atoms. The van der Waals surface area contributed by atoms with E-state index >= 15 is 0 Å². The minimum atomic E-state index is -0.269. The van der Waals surface area contributed by atoms with Crippen molar-refractivity contribution in [3.8, 4) is 5.69 Å². The molecule has 2 aromatic heterocycles. The Bertz CT molecular complexity index is 1230. The van der Waals surface area contributed by atoms with Crippen molar-refractivity contribution in [2.45, 2.75) is 52.4 Å². The van der Waals surface area contributed by atoms with E-state index in [9.17, 15) is 9.59 Å². The van der Waals surface area contributed by atoms with Gasteiger partial charge in [-0.3, -0.25) is 14.2 Å². The minimum Gasteiger partial charge on any atom is -0.356 e. The zero-order valence-electron chi connectivity index (χ0n) is 20.7. The van der Waals surface area contributed by atoms with E-state index in [1.807, 2.05) is 23.1 Å². The summed E-state index contributed by atoms with van der Waals surface area (Å²) in [6, 6.07) is 10.2. The number of rotatable bonds is 7. The number of piperidine rings is 1. The lowest BCUT2D eigenvalue weighted by Crippen LogP contribution is -2.33. The van der Waals surface area contributed by atoms with Gasteiger partial charge in [-0.15, -0.1) is 0 Å². The molecule has 2 amide bonds. The predicted molar refractivity (Wildman–Crippen MR) is 137 cm³/mol. The van der Waals surface area contributed by atoms with Crippen molar-refractivity contribution >= 4 is 28.7 Å². The second-order valence-corrected chi connectivity index (χ2v) is 9.59. The van der Waals surface area contributed by atoms with Crippen molar-refractivity contribution in [1.82, 2.24) is 24.8 Å². The molecule has 0 bridgehead atoms. The first-order valence-electron chi connectivity index (χ1n) is 12.8. The van der Waals surface area contributed by atoms with Crippen LogP contribution >= 0.6 is 0 Å². The topological polar surface area (TPSA) is 83.4 Å². The van der Waals surface area contributed by atoms with Gasteiger partial charge in [0.25, 0.3) is 5.91 Å². The van der Waals surface area contributed by atoms with Crippen LogP contribution in [0.25, 0.3) is 16.7 Å². The van der Waals surface area contributed by atoms with E-state index in [0.29, 0.717) is 19.5 Å². The van der Waals surface area contributed by atoms with Crippen LogP contribution in [0.1, 0.15) is 60.4 Å². The number of fused-ring (bicyclic) bond motifs is 1. The molecule has 0 radical (unpaired) electrons. The average Bonchev–Trinajstić information content (AvgIpc) is 3.41. The van der Waals surface area contributed by atoms with Crippen LogP contribution in [0.3, 0.4) is 0 Å². The van der Waals surface area contributed by atoms with Gasteiger partial charge in [0.15, 0.2) is 5.65 Å². The van der Waals surface area contributed by atoms with Gasteiger partial charge < -0.3 is 15.1 Å². The Kier molecular flexibility index (Phi) is 6.70. The summed E-state index contributed by atoms with van der Waals surface area (Å²) in [5, 5.41) is 4.01. The second kappa shape index (κ2) is 10.1. The molecule has 8 nitrogen and oxygen atoms in total. The van der Waals surface area contributed by atoms with Gasteiger partial charge in [-0.25, -0.2) is 9.97 Å². The molecule has 0 atom stereocenters. The lowest BCUT2D eigenvalue weighted by Gasteiger charge is -2.28. The number of anilines is 1. The maximum atomic E-state index is 13.2. The normalized spacial score (nSPS) is 16.3. The molecule has 0 spiro atoms. The Hall–Kier alpha value is -3.42. The Balaban J connectivity index is 1.47. The molecule has 2 saturated heterocycles. The zero-order valence-corrected chi connectivity index (χ0v) is 20.7. The number of carbonyl (C=O) groups is 2. The average molecular weight is 475 g/mol. The van der Waals surface area contributed by atoms with Gasteiger partial charge in [-0.1, -0.05) is 18.2 Å². The summed E-state index contributed by atoms with van der Waals surface area (Å²) < 4.78 is 2.13. The van der Waals surface area contributed by atoms with Crippen LogP contribution in [-0.2, 0) is 4.79 Å². The summed E-state index contributed by atoms with van der Waals surface area (Å²) in [7, 11) is 0. The van der Waals surface area contributed by atoms with E-state index in [1.54, 1.807) is 0 Å². The Labute approximate surface area is 206 Å². The summed E-state index contributed by atoms with van der Waals surface area (Å²) >= 11 is 0. The number of nitrogens with one attached hydrogen (secondary N) is 1. The molecule has 184 valence electrons. The number of para-hydroxylation sites is 1. The van der Waals surface area contributed by atoms with Gasteiger partial charge >= 0.3 is 0 Å². The van der Waals surface area contributed by atoms with Gasteiger partial charge in [-0.05, 0) is 63.6 Å². The molecule has 3 aromatic rings. The standard InChI is InChI=1S/C27H34N6O2/c1-19-20(2)33(21-11-5-3-6-12-21)26-23(19)25(32-15-7-4-8-16-32)29-24(30-26)27(35)28-14-10-18-31-17-9-13-22(31)34/h3,5-6,11-12H,4,7-10,13-18H2,1-2H3,(H,28,35). The van der Waals surface area contributed by atoms with Gasteiger partial charge in [0.2, 0.25) is 11.7 Å². The van der Waals surface area contributed by atoms with E-state index in [2.05, 4.69) is 40.8 Å². The molecule has 2 aliphatic rings. The minimum absolute atomic E-state index is 0.199. The SMILES string of the molecule is Cc1c(C)n(-c2ccccc2)c2nc(C(=O)NCCCN3CCCC3=O)nc(N3CCCCC3)c12. The zero-order chi connectivity index (χ0) is 24.4. The van der Waals surface area contributed by atoms with Crippen molar-refractivity contribution in [3.05, 3.63) is 47.4 Å². The van der Waals surface area contributed by atoms with Gasteiger partial charge in [0.1, 0.15) is 5.82 Å². The summed E-state index contributed by atoms with van der Waals surface area (Å²) in [4.78, 5) is 38.8. The van der Waals surface area contributed by atoms with E-state index in [0.717, 1.165) is 79.1 Å². The van der Waals surface area contributed by atoms with Crippen molar-refractivity contribution in [2.24, 2.45) is 0 Å². The Morgan fingerprint density at radius 1 is 1.00 bits per heavy atom. The fourth-order valence-electron chi connectivity index (χ4n) is 5.26. The highest BCUT2D eigenvalue weighted by molar-refractivity contribution is 5.98. The maximum Gasteiger partial charge on any atom is 0.289 e. The lowest BCUT2D eigenvalue weighted by atomic mass is 10.1. The van der Waals surface area contributed by atoms with Gasteiger partial charge in [-0.2, -0.15) is 0 Å². The number of likely N-dealkylation sites (tertiary alicyclic amines) is 1. The van der Waals surface area contributed by atoms with Gasteiger partial charge in [0, 0.05) is 50.5 Å². The van der Waals surface area contributed by atoms with Crippen LogP contribution in [0.5, 0.6) is 0 Å². The Morgan fingerprint density at radius 2 is 1.77 bits per heavy atom. The number of nitrogens with zero attached hydrogens (tertiary/aromatic N) is 5. The van der Waals surface area contributed by atoms with Crippen molar-refractivity contribution < 1.29 is 9.59 Å². The number of hydrogen-bond acceptors (Lipinski definition) is 5. The largest absolute Gasteiger partial charge is 0.356 e. The third-order valence-corrected chi connectivity index (χ3v) is 7.27. The predicted octanol–water partition coefficient (Wildman–Crippen LogP) is 3.77. The van der Waals surface area contributed by atoms with Crippen molar-refractivity contribution in [2.75, 3.05) is 37.6 Å². The Morgan fingerprint density at radius 3 is 2.49 bits per heavy atom. The van der Waals surface area contributed by atoms with E-state index in [4.69, 9.17) is 9.97 Å². The summed E-state index contributed by atoms with van der Waals surface area (Å²) in [5.41, 5.74) is 4.04. The molecule has 1 aromatic carbocycles. The first-order chi connectivity index (χ1) is 17.0. The van der Waals surface area contributed by atoms with Crippen LogP contribution in [0.2, 0.25) is 0 Å². The fraction of sp³-hybridized carbons (Fsp3) is 0.481. The number of hydrogen-bond donors (Lipinski definition) is 1. The molecule has 2 fully saturated rings. The molecule has 0 unspecified atom stereocenters. The van der Waals surface area contributed by atoms with Crippen molar-refractivity contribution in [3.63, 3.8) is 0 Å². The smallest absolute Gasteiger partial charge is 0.289 e. The highest BCUT2D eigenvalue weighted by atomic mass is 16.2. The molecule has 1 N–H and O–H groups in total. The van der Waals surface area contributed by atoms with Crippen LogP contribution in [0, 0.1) is 13.8 Å². The van der Waals surface area contributed by atoms with Crippen LogP contribution in [-0.4, -0.2) is 64.0 Å². The van der Waals surface area contributed by atoms with Crippen molar-refractivity contribution in [1.29, 1.82) is 0 Å². The number of amides is 2. The summed E-state index contributed by atoms with van der Waals surface area (Å²) in [6.07, 6.45) is 5.76. The molecule has 8 heteroatoms. The van der Waals surface area contributed by atoms with E-state index in [1.165, 1.54) is 6.42 Å². The molecular weight excluding hydrogens is 440 g/mol. The summed E-state index contributed by atoms with van der Waals surface area (Å²) in [6.45, 7) is 8.07. The van der Waals surface area contributed by atoms with Crippen LogP contribution < -0.4 is 10.2 Å². The third-order valence-electron chi connectivity index (χ3n) is 7.27. The molecule has 0 aliphatic carbocycles. The summed E-state index contributed by atoms with van der Waals surface area (Å²) in [5.74, 6) is 1.00. The highest BCUT2D eigenvalue weighted by Crippen LogP contribution is 2.34. The number of carbonyl (C=O) groups excluding carboxylic acids is 2. The first kappa shape index (κ1) is 23.3. The number of aryl methyl sites for hydroxylation is 1. The molecular formula is C27H34N6O2. The highest BCUT2D eigenvalue weighted by Gasteiger charge is 2.25. The monoisotopic (exact) mass is 474 g/mol. The second-order valence-electron chi connectivity index (χ2n) is 9.59. The van der Waals surface area contributed by atoms with Crippen LogP contribution in [0.15, 0.2) is 30.3 Å². The lowest BCUT2D eigenvalue weighted by molar-refractivity contribution is -0.127. The van der Waals surface area contributed by atoms with Gasteiger partial charge in [0.05, 0.1) is 5.39 Å². The number of benzene rings is 1. The molecule has 4 heterocycles. The number of aromatic nitrogens is 3. The molecule has 5 rings (SSSR count). The fourth-order valence-corrected chi connectivity index (χ4v) is 5.26. The first-order valence-corrected chi connectivity index (χ1v) is 12.8. The quantitative estimate of drug-likeness (QED) is 0.527. The van der Waals surface area contributed by atoms with Crippen LogP contribution in [0.4, 0.5) is 5.82 Å². The van der Waals surface area contributed by atoms with E-state index < -0.39 is 0 Å². The van der Waals surface area contributed by atoms with E-state index in [-0.39, 0.29) is 17.6 Å².